The van der Waals surface area contributed by atoms with Crippen molar-refractivity contribution in [3.05, 3.63) is 24.2 Å². The number of halogens is 3. The molecule has 0 spiro atoms. The molecule has 2 rings (SSSR count). The fourth-order valence-corrected chi connectivity index (χ4v) is 1.33. The summed E-state index contributed by atoms with van der Waals surface area (Å²) in [5, 5.41) is 3.91. The molecule has 0 amide bonds. The van der Waals surface area contributed by atoms with Crippen LogP contribution in [0.25, 0.3) is 10.9 Å². The molecule has 0 atom stereocenters. The Kier molecular flexibility index (Phi) is 2.09. The first-order valence-corrected chi connectivity index (χ1v) is 4.26. The van der Waals surface area contributed by atoms with E-state index in [0.717, 1.165) is 10.9 Å². The number of rotatable bonds is 2. The molecule has 0 fully saturated rings. The quantitative estimate of drug-likeness (QED) is 0.739. The number of fused-ring (bicyclic) bond motifs is 1. The Hall–Kier alpha value is -1.92. The van der Waals surface area contributed by atoms with Gasteiger partial charge in [-0.05, 0) is 6.07 Å². The molecule has 0 aliphatic heterocycles. The minimum Gasteiger partial charge on any atom is -0.296 e. The molecule has 0 N–H and O–H groups in total. The van der Waals surface area contributed by atoms with Gasteiger partial charge in [0.05, 0.1) is 17.9 Å². The van der Waals surface area contributed by atoms with E-state index in [-0.39, 0.29) is 11.2 Å². The van der Waals surface area contributed by atoms with Crippen LogP contribution in [0.1, 0.15) is 11.9 Å². The van der Waals surface area contributed by atoms with Gasteiger partial charge in [0.1, 0.15) is 13.6 Å². The van der Waals surface area contributed by atoms with Crippen LogP contribution < -0.4 is 0 Å². The topological polar surface area (TPSA) is 47.8 Å². The average molecular weight is 230 g/mol. The molecule has 16 heavy (non-hydrogen) atoms. The molecule has 2 aromatic rings. The highest BCUT2D eigenvalue weighted by molar-refractivity contribution is 5.84. The van der Waals surface area contributed by atoms with Gasteiger partial charge in [0.25, 0.3) is 0 Å². The van der Waals surface area contributed by atoms with Gasteiger partial charge in [-0.3, -0.25) is 14.5 Å². The summed E-state index contributed by atoms with van der Waals surface area (Å²) in [5.41, 5.74) is 0.0522. The molecule has 2 aromatic heterocycles. The second-order valence-electron chi connectivity index (χ2n) is 3.15. The van der Waals surface area contributed by atoms with E-state index >= 15 is 0 Å². The van der Waals surface area contributed by atoms with Crippen molar-refractivity contribution in [3.8, 4) is 0 Å². The minimum atomic E-state index is -4.37. The van der Waals surface area contributed by atoms with Crippen molar-refractivity contribution in [2.24, 2.45) is 0 Å². The highest BCUT2D eigenvalue weighted by Crippen LogP contribution is 2.20. The molecular weight excluding hydrogens is 223 g/mol. The standard InChI is InChI=1S/C9H6F3N3O/c10-9(11,12)5-15-8-3-13-7(4-16)1-6(8)2-14-15/h1-4H,5H2/i4D. The van der Waals surface area contributed by atoms with Gasteiger partial charge in [-0.2, -0.15) is 18.3 Å². The van der Waals surface area contributed by atoms with Crippen molar-refractivity contribution in [2.75, 3.05) is 0 Å². The summed E-state index contributed by atoms with van der Waals surface area (Å²) in [5.74, 6) is 0. The number of nitrogens with zero attached hydrogens (tertiary/aromatic N) is 3. The molecule has 7 heteroatoms. The minimum absolute atomic E-state index is 0.121. The van der Waals surface area contributed by atoms with Gasteiger partial charge < -0.3 is 0 Å². The lowest BCUT2D eigenvalue weighted by Gasteiger charge is -2.06. The smallest absolute Gasteiger partial charge is 0.296 e. The average Bonchev–Trinajstić information content (AvgIpc) is 2.58. The van der Waals surface area contributed by atoms with Crippen molar-refractivity contribution in [3.63, 3.8) is 0 Å². The lowest BCUT2D eigenvalue weighted by Crippen LogP contribution is -2.18. The van der Waals surface area contributed by atoms with E-state index in [1.807, 2.05) is 0 Å². The third-order valence-corrected chi connectivity index (χ3v) is 1.96. The monoisotopic (exact) mass is 230 g/mol. The summed E-state index contributed by atoms with van der Waals surface area (Å²) >= 11 is 0. The number of carbonyl (C=O) groups is 1. The lowest BCUT2D eigenvalue weighted by atomic mass is 10.3. The van der Waals surface area contributed by atoms with Gasteiger partial charge in [0.15, 0.2) is 6.26 Å². The SMILES string of the molecule is [2H]C(=O)c1cc2cnn(CC(F)(F)F)c2cn1. The second-order valence-corrected chi connectivity index (χ2v) is 3.15. The zero-order valence-corrected chi connectivity index (χ0v) is 7.82. The van der Waals surface area contributed by atoms with Gasteiger partial charge in [-0.25, -0.2) is 0 Å². The predicted molar refractivity (Wildman–Crippen MR) is 49.0 cm³/mol. The number of aldehydes is 1. The number of hydrogen-bond donors (Lipinski definition) is 0. The van der Waals surface area contributed by atoms with Gasteiger partial charge in [-0.1, -0.05) is 0 Å². The first-order chi connectivity index (χ1) is 7.87. The van der Waals surface area contributed by atoms with Crippen LogP contribution in [-0.4, -0.2) is 27.2 Å². The summed E-state index contributed by atoms with van der Waals surface area (Å²) in [4.78, 5) is 14.3. The maximum Gasteiger partial charge on any atom is 0.408 e. The zero-order valence-electron chi connectivity index (χ0n) is 8.82. The zero-order chi connectivity index (χ0) is 12.6. The number of aromatic nitrogens is 3. The molecule has 0 saturated carbocycles. The Morgan fingerprint density at radius 3 is 2.88 bits per heavy atom. The van der Waals surface area contributed by atoms with Crippen LogP contribution in [0.2, 0.25) is 0 Å². The highest BCUT2D eigenvalue weighted by atomic mass is 19.4. The highest BCUT2D eigenvalue weighted by Gasteiger charge is 2.29. The van der Waals surface area contributed by atoms with Crippen LogP contribution in [0.15, 0.2) is 18.5 Å². The summed E-state index contributed by atoms with van der Waals surface area (Å²) in [6, 6.07) is 1.24. The van der Waals surface area contributed by atoms with Crippen molar-refractivity contribution in [1.82, 2.24) is 14.8 Å². The lowest BCUT2D eigenvalue weighted by molar-refractivity contribution is -0.141. The summed E-state index contributed by atoms with van der Waals surface area (Å²) < 4.78 is 44.2. The maximum absolute atomic E-state index is 12.2. The van der Waals surface area contributed by atoms with E-state index in [4.69, 9.17) is 1.37 Å². The summed E-state index contributed by atoms with van der Waals surface area (Å²) in [6.45, 7) is -1.22. The Bertz CT molecular complexity index is 578. The summed E-state index contributed by atoms with van der Waals surface area (Å²) in [6.07, 6.45) is -3.05. The van der Waals surface area contributed by atoms with E-state index in [1.165, 1.54) is 12.3 Å². The van der Waals surface area contributed by atoms with Crippen LogP contribution >= 0.6 is 0 Å². The molecule has 0 aromatic carbocycles. The third kappa shape index (κ3) is 2.02. The number of alkyl halides is 3. The molecule has 84 valence electrons. The molecule has 0 unspecified atom stereocenters. The molecule has 0 radical (unpaired) electrons. The van der Waals surface area contributed by atoms with E-state index < -0.39 is 19.0 Å². The molecule has 4 nitrogen and oxygen atoms in total. The first kappa shape index (κ1) is 9.32. The maximum atomic E-state index is 12.2. The molecule has 2 heterocycles. The first-order valence-electron chi connectivity index (χ1n) is 4.76. The van der Waals surface area contributed by atoms with Gasteiger partial charge >= 0.3 is 6.18 Å². The Balaban J connectivity index is 2.45. The van der Waals surface area contributed by atoms with Gasteiger partial charge in [0, 0.05) is 5.39 Å². The Labute approximate surface area is 89.1 Å². The van der Waals surface area contributed by atoms with Gasteiger partial charge in [-0.15, -0.1) is 0 Å². The van der Waals surface area contributed by atoms with Crippen LogP contribution in [-0.2, 0) is 6.54 Å². The van der Waals surface area contributed by atoms with E-state index in [2.05, 4.69) is 10.1 Å². The second kappa shape index (κ2) is 3.58. The normalized spacial score (nSPS) is 12.8. The van der Waals surface area contributed by atoms with Crippen LogP contribution in [0.5, 0.6) is 0 Å². The number of hydrogen-bond acceptors (Lipinski definition) is 3. The Morgan fingerprint density at radius 2 is 2.25 bits per heavy atom. The van der Waals surface area contributed by atoms with E-state index in [1.54, 1.807) is 0 Å². The van der Waals surface area contributed by atoms with Crippen LogP contribution in [0.3, 0.4) is 0 Å². The molecule has 0 aliphatic carbocycles. The van der Waals surface area contributed by atoms with Gasteiger partial charge in [0.2, 0.25) is 0 Å². The molecule has 0 saturated heterocycles. The number of carbonyl (C=O) groups excluding carboxylic acids is 1. The van der Waals surface area contributed by atoms with Crippen molar-refractivity contribution >= 4 is 17.2 Å². The van der Waals surface area contributed by atoms with Crippen molar-refractivity contribution in [2.45, 2.75) is 12.7 Å². The molecular formula is C9H6F3N3O. The van der Waals surface area contributed by atoms with Crippen LogP contribution in [0, 0.1) is 0 Å². The van der Waals surface area contributed by atoms with E-state index in [0.29, 0.717) is 5.39 Å². The largest absolute Gasteiger partial charge is 0.408 e. The van der Waals surface area contributed by atoms with Crippen molar-refractivity contribution in [1.29, 1.82) is 0 Å². The fraction of sp³-hybridized carbons (Fsp3) is 0.222. The van der Waals surface area contributed by atoms with Crippen LogP contribution in [0.4, 0.5) is 13.2 Å². The predicted octanol–water partition coefficient (Wildman–Crippen LogP) is 1.81. The Morgan fingerprint density at radius 1 is 1.50 bits per heavy atom. The fourth-order valence-electron chi connectivity index (χ4n) is 1.33. The van der Waals surface area contributed by atoms with Crippen molar-refractivity contribution < 1.29 is 19.3 Å². The third-order valence-electron chi connectivity index (χ3n) is 1.96. The summed E-state index contributed by atoms with van der Waals surface area (Å²) in [7, 11) is 0. The van der Waals surface area contributed by atoms with E-state index in [9.17, 15) is 18.0 Å². The molecule has 0 aliphatic rings. The molecule has 0 bridgehead atoms. The number of pyridine rings is 1.